The molecule has 2 heterocycles. The highest BCUT2D eigenvalue weighted by molar-refractivity contribution is 7.09. The van der Waals surface area contributed by atoms with E-state index in [1.807, 2.05) is 24.3 Å². The molecule has 2 N–H and O–H groups in total. The first-order chi connectivity index (χ1) is 8.34. The predicted molar refractivity (Wildman–Crippen MR) is 64.0 cm³/mol. The summed E-state index contributed by atoms with van der Waals surface area (Å²) in [7, 11) is 0. The molecule has 1 atom stereocenters. The van der Waals surface area contributed by atoms with Crippen molar-refractivity contribution < 1.29 is 4.79 Å². The maximum absolute atomic E-state index is 12.0. The van der Waals surface area contributed by atoms with Crippen molar-refractivity contribution in [2.24, 2.45) is 0 Å². The molecule has 1 aliphatic heterocycles. The number of benzene rings is 1. The zero-order chi connectivity index (χ0) is 11.7. The van der Waals surface area contributed by atoms with Crippen LogP contribution in [0.25, 0.3) is 0 Å². The Morgan fingerprint density at radius 3 is 3.18 bits per heavy atom. The molecular formula is C10H9N5OS. The van der Waals surface area contributed by atoms with Crippen LogP contribution in [0.1, 0.15) is 11.5 Å². The molecule has 0 bridgehead atoms. The molecule has 1 aromatic carbocycles. The van der Waals surface area contributed by atoms with E-state index in [2.05, 4.69) is 25.4 Å². The molecule has 1 unspecified atom stereocenters. The lowest BCUT2D eigenvalue weighted by Gasteiger charge is -2.08. The van der Waals surface area contributed by atoms with Crippen molar-refractivity contribution in [3.05, 3.63) is 29.8 Å². The van der Waals surface area contributed by atoms with E-state index >= 15 is 0 Å². The van der Waals surface area contributed by atoms with Gasteiger partial charge < -0.3 is 5.32 Å². The number of nitrogens with one attached hydrogen (secondary N) is 2. The Hall–Kier alpha value is -2.02. The van der Waals surface area contributed by atoms with Gasteiger partial charge in [-0.3, -0.25) is 10.1 Å². The van der Waals surface area contributed by atoms with Gasteiger partial charge in [0.15, 0.2) is 0 Å². The van der Waals surface area contributed by atoms with Crippen molar-refractivity contribution in [2.45, 2.75) is 5.92 Å². The maximum atomic E-state index is 12.0. The summed E-state index contributed by atoms with van der Waals surface area (Å²) >= 11 is 1.07. The summed E-state index contributed by atoms with van der Waals surface area (Å²) in [6.45, 7) is 0.609. The Kier molecular flexibility index (Phi) is 2.45. The minimum absolute atomic E-state index is 0.0824. The number of amides is 1. The van der Waals surface area contributed by atoms with Crippen molar-refractivity contribution in [1.82, 2.24) is 14.8 Å². The summed E-state index contributed by atoms with van der Waals surface area (Å²) in [4.78, 5) is 12.0. The third-order valence-electron chi connectivity index (χ3n) is 2.68. The third-order valence-corrected chi connectivity index (χ3v) is 3.19. The van der Waals surface area contributed by atoms with Gasteiger partial charge in [-0.1, -0.05) is 27.8 Å². The van der Waals surface area contributed by atoms with Crippen molar-refractivity contribution in [3.63, 3.8) is 0 Å². The standard InChI is InChI=1S/C10H9N5OS/c16-9(12-10-13-14-15-17-10)7-5-11-8-4-2-1-3-6(7)8/h1-4,7,11H,5H2,(H,12,13,15,16). The second kappa shape index (κ2) is 4.10. The number of fused-ring (bicyclic) bond motifs is 1. The van der Waals surface area contributed by atoms with Crippen LogP contribution >= 0.6 is 11.5 Å². The summed E-state index contributed by atoms with van der Waals surface area (Å²) < 4.78 is 3.60. The van der Waals surface area contributed by atoms with Crippen LogP contribution in [0.5, 0.6) is 0 Å². The molecule has 0 radical (unpaired) electrons. The van der Waals surface area contributed by atoms with Gasteiger partial charge in [-0.05, 0) is 16.8 Å². The molecular weight excluding hydrogens is 238 g/mol. The molecule has 1 aromatic heterocycles. The highest BCUT2D eigenvalue weighted by atomic mass is 32.1. The maximum Gasteiger partial charge on any atom is 0.235 e. The van der Waals surface area contributed by atoms with Gasteiger partial charge in [0, 0.05) is 23.8 Å². The van der Waals surface area contributed by atoms with E-state index in [1.54, 1.807) is 0 Å². The molecule has 0 saturated heterocycles. The molecule has 1 amide bonds. The Labute approximate surface area is 101 Å². The number of anilines is 2. The second-order valence-corrected chi connectivity index (χ2v) is 4.41. The zero-order valence-electron chi connectivity index (χ0n) is 8.75. The number of rotatable bonds is 2. The number of aromatic nitrogens is 3. The van der Waals surface area contributed by atoms with Gasteiger partial charge in [0.1, 0.15) is 0 Å². The first-order valence-electron chi connectivity index (χ1n) is 5.13. The van der Waals surface area contributed by atoms with Crippen LogP contribution in [-0.2, 0) is 4.79 Å². The Morgan fingerprint density at radius 2 is 2.35 bits per heavy atom. The van der Waals surface area contributed by atoms with Crippen LogP contribution in [-0.4, -0.2) is 27.3 Å². The third kappa shape index (κ3) is 1.84. The fraction of sp³-hybridized carbons (Fsp3) is 0.200. The monoisotopic (exact) mass is 247 g/mol. The van der Waals surface area contributed by atoms with E-state index in [1.165, 1.54) is 0 Å². The van der Waals surface area contributed by atoms with Crippen LogP contribution in [0.15, 0.2) is 24.3 Å². The summed E-state index contributed by atoms with van der Waals surface area (Å²) in [6.07, 6.45) is 0. The minimum atomic E-state index is -0.185. The molecule has 0 fully saturated rings. The van der Waals surface area contributed by atoms with Crippen LogP contribution in [0.2, 0.25) is 0 Å². The summed E-state index contributed by atoms with van der Waals surface area (Å²) in [5.41, 5.74) is 2.03. The van der Waals surface area contributed by atoms with E-state index in [4.69, 9.17) is 0 Å². The zero-order valence-corrected chi connectivity index (χ0v) is 9.57. The lowest BCUT2D eigenvalue weighted by molar-refractivity contribution is -0.117. The van der Waals surface area contributed by atoms with Crippen molar-refractivity contribution in [1.29, 1.82) is 0 Å². The predicted octanol–water partition coefficient (Wildman–Crippen LogP) is 1.08. The largest absolute Gasteiger partial charge is 0.384 e. The van der Waals surface area contributed by atoms with Gasteiger partial charge >= 0.3 is 0 Å². The summed E-state index contributed by atoms with van der Waals surface area (Å²) in [5, 5.41) is 13.5. The Bertz CT molecular complexity index is 541. The fourth-order valence-corrected chi connectivity index (χ4v) is 2.26. The molecule has 3 rings (SSSR count). The number of para-hydroxylation sites is 1. The quantitative estimate of drug-likeness (QED) is 0.830. The van der Waals surface area contributed by atoms with E-state index < -0.39 is 0 Å². The Balaban J connectivity index is 1.80. The summed E-state index contributed by atoms with van der Waals surface area (Å²) in [5.74, 6) is -0.267. The van der Waals surface area contributed by atoms with Crippen molar-refractivity contribution >= 4 is 28.3 Å². The normalized spacial score (nSPS) is 17.3. The lowest BCUT2D eigenvalue weighted by atomic mass is 10.0. The molecule has 1 aliphatic rings. The second-order valence-electron chi connectivity index (χ2n) is 3.68. The first-order valence-corrected chi connectivity index (χ1v) is 5.90. The van der Waals surface area contributed by atoms with E-state index in [0.717, 1.165) is 22.8 Å². The van der Waals surface area contributed by atoms with Crippen molar-refractivity contribution in [2.75, 3.05) is 17.2 Å². The Morgan fingerprint density at radius 1 is 1.47 bits per heavy atom. The van der Waals surface area contributed by atoms with Crippen LogP contribution < -0.4 is 10.6 Å². The molecule has 86 valence electrons. The average molecular weight is 247 g/mol. The highest BCUT2D eigenvalue weighted by Crippen LogP contribution is 2.31. The summed E-state index contributed by atoms with van der Waals surface area (Å²) in [6, 6.07) is 7.80. The van der Waals surface area contributed by atoms with Gasteiger partial charge in [-0.15, -0.1) is 0 Å². The van der Waals surface area contributed by atoms with Gasteiger partial charge in [-0.25, -0.2) is 0 Å². The van der Waals surface area contributed by atoms with Crippen LogP contribution in [0.3, 0.4) is 0 Å². The number of nitrogens with zero attached hydrogens (tertiary/aromatic N) is 3. The van der Waals surface area contributed by atoms with E-state index in [0.29, 0.717) is 11.7 Å². The molecule has 0 saturated carbocycles. The molecule has 2 aromatic rings. The molecule has 0 aliphatic carbocycles. The van der Waals surface area contributed by atoms with Crippen LogP contribution in [0.4, 0.5) is 10.8 Å². The van der Waals surface area contributed by atoms with Gasteiger partial charge in [0.05, 0.1) is 5.92 Å². The number of carbonyl (C=O) groups is 1. The first kappa shape index (κ1) is 10.2. The molecule has 17 heavy (non-hydrogen) atoms. The van der Waals surface area contributed by atoms with Gasteiger partial charge in [-0.2, -0.15) is 0 Å². The number of hydrogen-bond donors (Lipinski definition) is 2. The average Bonchev–Trinajstić information content (AvgIpc) is 2.96. The van der Waals surface area contributed by atoms with Gasteiger partial charge in [0.2, 0.25) is 11.0 Å². The number of carbonyl (C=O) groups excluding carboxylic acids is 1. The fourth-order valence-electron chi connectivity index (χ4n) is 1.89. The molecule has 6 nitrogen and oxygen atoms in total. The van der Waals surface area contributed by atoms with Gasteiger partial charge in [0.25, 0.3) is 0 Å². The molecule has 7 heteroatoms. The highest BCUT2D eigenvalue weighted by Gasteiger charge is 2.28. The smallest absolute Gasteiger partial charge is 0.235 e. The minimum Gasteiger partial charge on any atom is -0.384 e. The lowest BCUT2D eigenvalue weighted by Crippen LogP contribution is -2.22. The van der Waals surface area contributed by atoms with Crippen LogP contribution in [0, 0.1) is 0 Å². The SMILES string of the molecule is O=C(Nc1nnns1)C1CNc2ccccc21. The van der Waals surface area contributed by atoms with E-state index in [-0.39, 0.29) is 11.8 Å². The van der Waals surface area contributed by atoms with Crippen molar-refractivity contribution in [3.8, 4) is 0 Å². The number of hydrogen-bond acceptors (Lipinski definition) is 6. The van der Waals surface area contributed by atoms with E-state index in [9.17, 15) is 4.79 Å². The topological polar surface area (TPSA) is 79.8 Å². The molecule has 0 spiro atoms.